The molecule has 0 bridgehead atoms. The zero-order chi connectivity index (χ0) is 30.6. The second-order valence-electron chi connectivity index (χ2n) is 12.2. The van der Waals surface area contributed by atoms with Gasteiger partial charge in [0.15, 0.2) is 0 Å². The van der Waals surface area contributed by atoms with Crippen LogP contribution in [-0.2, 0) is 0 Å². The highest BCUT2D eigenvalue weighted by Crippen LogP contribution is 2.44. The summed E-state index contributed by atoms with van der Waals surface area (Å²) in [5, 5.41) is 11.7. The summed E-state index contributed by atoms with van der Waals surface area (Å²) in [6.45, 7) is 0. The van der Waals surface area contributed by atoms with Gasteiger partial charge in [0.25, 0.3) is 0 Å². The molecule has 4 heterocycles. The van der Waals surface area contributed by atoms with Crippen LogP contribution in [0.15, 0.2) is 144 Å². The molecule has 0 aliphatic rings. The number of aromatic nitrogens is 3. The molecule has 0 fully saturated rings. The van der Waals surface area contributed by atoms with Gasteiger partial charge in [-0.25, -0.2) is 4.98 Å². The zero-order valence-corrected chi connectivity index (χ0v) is 25.8. The lowest BCUT2D eigenvalue weighted by atomic mass is 10.0. The summed E-state index contributed by atoms with van der Waals surface area (Å²) in [4.78, 5) is 10.6. The van der Waals surface area contributed by atoms with Gasteiger partial charge in [0.2, 0.25) is 11.7 Å². The molecular formula is C42H23N3OS. The molecule has 218 valence electrons. The number of hydrogen-bond acceptors (Lipinski definition) is 4. The number of hydrogen-bond donors (Lipinski definition) is 0. The Kier molecular flexibility index (Phi) is 4.96. The van der Waals surface area contributed by atoms with E-state index in [1.807, 2.05) is 35.6 Å². The maximum atomic E-state index is 6.46. The van der Waals surface area contributed by atoms with Crippen molar-refractivity contribution in [3.8, 4) is 17.2 Å². The van der Waals surface area contributed by atoms with Crippen molar-refractivity contribution in [3.63, 3.8) is 0 Å². The Morgan fingerprint density at radius 3 is 2.09 bits per heavy atom. The molecule has 0 saturated carbocycles. The van der Waals surface area contributed by atoms with Crippen LogP contribution in [0, 0.1) is 0 Å². The van der Waals surface area contributed by atoms with Gasteiger partial charge in [-0.15, -0.1) is 11.3 Å². The Balaban J connectivity index is 1.32. The Bertz CT molecular complexity index is 3080. The van der Waals surface area contributed by atoms with Gasteiger partial charge in [0, 0.05) is 47.3 Å². The van der Waals surface area contributed by atoms with Crippen molar-refractivity contribution < 1.29 is 4.42 Å². The Hall–Kier alpha value is -6.04. The Morgan fingerprint density at radius 2 is 1.21 bits per heavy atom. The van der Waals surface area contributed by atoms with Crippen LogP contribution < -0.4 is 0 Å². The highest BCUT2D eigenvalue weighted by Gasteiger charge is 2.23. The number of fused-ring (bicyclic) bond motifs is 12. The van der Waals surface area contributed by atoms with E-state index in [1.165, 1.54) is 47.1 Å². The maximum Gasteiger partial charge on any atom is 0.238 e. The lowest BCUT2D eigenvalue weighted by Crippen LogP contribution is -2.03. The van der Waals surface area contributed by atoms with E-state index in [-0.39, 0.29) is 0 Å². The van der Waals surface area contributed by atoms with E-state index in [0.29, 0.717) is 11.7 Å². The van der Waals surface area contributed by atoms with Gasteiger partial charge in [-0.1, -0.05) is 109 Å². The van der Waals surface area contributed by atoms with E-state index in [2.05, 4.69) is 120 Å². The van der Waals surface area contributed by atoms with E-state index >= 15 is 0 Å². The largest absolute Gasteiger partial charge is 0.437 e. The molecule has 0 saturated heterocycles. The van der Waals surface area contributed by atoms with Crippen LogP contribution in [0.2, 0.25) is 0 Å². The summed E-state index contributed by atoms with van der Waals surface area (Å²) in [5.41, 5.74) is 5.44. The maximum absolute atomic E-state index is 6.46. The van der Waals surface area contributed by atoms with E-state index in [1.54, 1.807) is 0 Å². The molecule has 0 aliphatic heterocycles. The zero-order valence-electron chi connectivity index (χ0n) is 24.9. The first kappa shape index (κ1) is 25.2. The molecule has 0 atom stereocenters. The molecule has 5 heteroatoms. The third kappa shape index (κ3) is 3.52. The molecule has 0 radical (unpaired) electrons. The van der Waals surface area contributed by atoms with Crippen molar-refractivity contribution in [1.82, 2.24) is 14.5 Å². The molecular weight excluding hydrogens is 595 g/mol. The lowest BCUT2D eigenvalue weighted by Gasteiger charge is -2.11. The first-order valence-electron chi connectivity index (χ1n) is 15.7. The van der Waals surface area contributed by atoms with Crippen LogP contribution in [0.4, 0.5) is 0 Å². The summed E-state index contributed by atoms with van der Waals surface area (Å²) in [6.07, 6.45) is 0. The lowest BCUT2D eigenvalue weighted by molar-refractivity contribution is 0.651. The molecule has 4 nitrogen and oxygen atoms in total. The predicted octanol–water partition coefficient (Wildman–Crippen LogP) is 11.8. The molecule has 47 heavy (non-hydrogen) atoms. The number of benzene rings is 7. The van der Waals surface area contributed by atoms with Crippen LogP contribution in [0.25, 0.3) is 103 Å². The van der Waals surface area contributed by atoms with Crippen LogP contribution >= 0.6 is 11.3 Å². The number of thiophene rings is 1. The third-order valence-corrected chi connectivity index (χ3v) is 10.7. The number of furan rings is 1. The summed E-state index contributed by atoms with van der Waals surface area (Å²) in [6, 6.07) is 49.5. The van der Waals surface area contributed by atoms with E-state index in [4.69, 9.17) is 14.4 Å². The number of nitrogens with zero attached hydrogens (tertiary/aromatic N) is 3. The topological polar surface area (TPSA) is 43.9 Å². The number of para-hydroxylation sites is 1. The highest BCUT2D eigenvalue weighted by molar-refractivity contribution is 7.26. The average molecular weight is 618 g/mol. The molecule has 7 aromatic carbocycles. The van der Waals surface area contributed by atoms with Crippen molar-refractivity contribution in [2.75, 3.05) is 0 Å². The first-order chi connectivity index (χ1) is 23.3. The van der Waals surface area contributed by atoms with Crippen molar-refractivity contribution in [2.24, 2.45) is 0 Å². The van der Waals surface area contributed by atoms with Gasteiger partial charge in [-0.2, -0.15) is 4.98 Å². The minimum absolute atomic E-state index is 0.582. The van der Waals surface area contributed by atoms with Gasteiger partial charge in [-0.05, 0) is 46.5 Å². The van der Waals surface area contributed by atoms with Crippen molar-refractivity contribution in [1.29, 1.82) is 0 Å². The smallest absolute Gasteiger partial charge is 0.238 e. The summed E-state index contributed by atoms with van der Waals surface area (Å²) in [7, 11) is 0. The fourth-order valence-corrected chi connectivity index (χ4v) is 8.61. The Morgan fingerprint density at radius 1 is 0.511 bits per heavy atom. The SMILES string of the molecule is c1ccc(-c2nc(-n3c4cc5c(cc4c4ccc6ccccc6c43)sc3cc4ccccc4cc35)nc3oc4ccccc4c23)cc1. The fourth-order valence-electron chi connectivity index (χ4n) is 7.46. The van der Waals surface area contributed by atoms with Gasteiger partial charge in [0.1, 0.15) is 5.58 Å². The standard InChI is InChI=1S/C42H23N3OS/c1-2-11-25(12-3-1)39-38-30-16-8-9-17-35(30)46-41(38)44-42(43-39)45-34-22-33-32-20-26-13-4-5-14-27(26)21-36(32)47-37(33)23-31(34)29-19-18-24-10-6-7-15-28(24)40(29)45/h1-23H. The van der Waals surface area contributed by atoms with E-state index in [0.717, 1.165) is 44.0 Å². The van der Waals surface area contributed by atoms with Crippen molar-refractivity contribution in [3.05, 3.63) is 140 Å². The minimum atomic E-state index is 0.582. The van der Waals surface area contributed by atoms with Crippen LogP contribution in [-0.4, -0.2) is 14.5 Å². The molecule has 4 aromatic heterocycles. The second kappa shape index (κ2) is 9.25. The molecule has 11 rings (SSSR count). The first-order valence-corrected chi connectivity index (χ1v) is 16.6. The van der Waals surface area contributed by atoms with Crippen LogP contribution in [0.1, 0.15) is 0 Å². The average Bonchev–Trinajstić information content (AvgIpc) is 3.78. The van der Waals surface area contributed by atoms with Gasteiger partial charge in [-0.3, -0.25) is 4.57 Å². The Labute approximate surface area is 271 Å². The fraction of sp³-hybridized carbons (Fsp3) is 0. The predicted molar refractivity (Wildman–Crippen MR) is 197 cm³/mol. The van der Waals surface area contributed by atoms with E-state index < -0.39 is 0 Å². The summed E-state index contributed by atoms with van der Waals surface area (Å²) < 4.78 is 11.3. The highest BCUT2D eigenvalue weighted by atomic mass is 32.1. The van der Waals surface area contributed by atoms with Crippen molar-refractivity contribution in [2.45, 2.75) is 0 Å². The molecule has 11 aromatic rings. The van der Waals surface area contributed by atoms with Gasteiger partial charge < -0.3 is 4.42 Å². The van der Waals surface area contributed by atoms with Gasteiger partial charge in [0.05, 0.1) is 22.1 Å². The molecule has 0 amide bonds. The molecule has 0 unspecified atom stereocenters. The third-order valence-electron chi connectivity index (χ3n) is 9.59. The normalized spacial score (nSPS) is 12.3. The quantitative estimate of drug-likeness (QED) is 0.194. The van der Waals surface area contributed by atoms with Crippen molar-refractivity contribution >= 4 is 96.9 Å². The van der Waals surface area contributed by atoms with Crippen LogP contribution in [0.5, 0.6) is 0 Å². The molecule has 0 N–H and O–H groups in total. The molecule has 0 aliphatic carbocycles. The van der Waals surface area contributed by atoms with E-state index in [9.17, 15) is 0 Å². The minimum Gasteiger partial charge on any atom is -0.437 e. The van der Waals surface area contributed by atoms with Crippen LogP contribution in [0.3, 0.4) is 0 Å². The summed E-state index contributed by atoms with van der Waals surface area (Å²) >= 11 is 1.86. The molecule has 0 spiro atoms. The van der Waals surface area contributed by atoms with Gasteiger partial charge >= 0.3 is 0 Å². The summed E-state index contributed by atoms with van der Waals surface area (Å²) in [5.74, 6) is 0.594. The monoisotopic (exact) mass is 617 g/mol. The number of rotatable bonds is 2. The second-order valence-corrected chi connectivity index (χ2v) is 13.3.